The van der Waals surface area contributed by atoms with Crippen LogP contribution in [0.1, 0.15) is 48.5 Å². The first-order valence-corrected chi connectivity index (χ1v) is 18.2. The molecule has 1 aliphatic rings. The number of aliphatic hydroxyl groups excluding tert-OH is 1. The topological polar surface area (TPSA) is 211 Å². The van der Waals surface area contributed by atoms with Crippen molar-refractivity contribution in [2.24, 2.45) is 5.92 Å². The second-order valence-electron chi connectivity index (χ2n) is 11.9. The monoisotopic (exact) mass is 811 g/mol. The molecule has 0 aromatic carbocycles. The lowest BCUT2D eigenvalue weighted by Crippen LogP contribution is -2.40. The zero-order valence-electron chi connectivity index (χ0n) is 35.6. The Hall–Kier alpha value is -3.61. The molecule has 1 N–H and O–H groups in total. The maximum atomic E-state index is 11.4. The van der Waals surface area contributed by atoms with E-state index in [0.717, 1.165) is 6.61 Å². The first-order chi connectivity index (χ1) is 26.5. The average Bonchev–Trinajstić information content (AvgIpc) is 3.99. The Kier molecular flexibility index (Phi) is 37.5. The number of carbonyl (C=O) groups is 5. The quantitative estimate of drug-likeness (QED) is 0.0439. The number of rotatable bonds is 25. The minimum atomic E-state index is -0.898. The summed E-state index contributed by atoms with van der Waals surface area (Å²) in [4.78, 5) is 68.5. The number of carbonyl (C=O) groups excluding carboxylic acids is 5. The van der Waals surface area contributed by atoms with Gasteiger partial charge in [0.05, 0.1) is 72.0 Å². The molecule has 1 heterocycles. The van der Waals surface area contributed by atoms with Crippen molar-refractivity contribution in [3.63, 3.8) is 0 Å². The van der Waals surface area contributed by atoms with Crippen molar-refractivity contribution in [2.75, 3.05) is 121 Å². The van der Waals surface area contributed by atoms with Gasteiger partial charge in [0.15, 0.2) is 6.11 Å². The first kappa shape index (κ1) is 56.7. The van der Waals surface area contributed by atoms with E-state index in [2.05, 4.69) is 25.7 Å². The van der Waals surface area contributed by atoms with Crippen LogP contribution >= 0.6 is 0 Å². The van der Waals surface area contributed by atoms with Crippen LogP contribution < -0.4 is 0 Å². The zero-order valence-corrected chi connectivity index (χ0v) is 35.6. The highest BCUT2D eigenvalue weighted by molar-refractivity contribution is 5.76. The average molecular weight is 812 g/mol. The summed E-state index contributed by atoms with van der Waals surface area (Å²) < 4.78 is 40.5. The number of likely N-dealkylation sites (N-methyl/N-ethyl adjacent to an activating group) is 2. The fourth-order valence-electron chi connectivity index (χ4n) is 4.41. The number of nitrogens with zero attached hydrogens (tertiary/aromatic N) is 3. The maximum absolute atomic E-state index is 11.4. The highest BCUT2D eigenvalue weighted by Crippen LogP contribution is 2.11. The number of aliphatic hydroxyl groups is 1. The molecular weight excluding hydrogens is 742 g/mol. The molecule has 0 aromatic rings. The summed E-state index contributed by atoms with van der Waals surface area (Å²) in [6, 6.07) is 0. The third-order valence-electron chi connectivity index (χ3n) is 7.43. The molecule has 3 amide bonds. The van der Waals surface area contributed by atoms with Gasteiger partial charge in [0.2, 0.25) is 17.7 Å². The molecule has 0 saturated carbocycles. The summed E-state index contributed by atoms with van der Waals surface area (Å²) in [6.07, 6.45) is 5.27. The second kappa shape index (κ2) is 37.0. The number of epoxide rings is 1. The maximum Gasteiger partial charge on any atom is 0.312 e. The standard InChI is InChI=1S/C13H25NO6.C11H21NO4.C10H19NO4.C3H4O2/c1-5-14(10(2)15)6-13(9-18-4)20-8-12(17)7-19-11(3)16;1-4-12(9(2)13)5-10(6-14-3)15-7-11-8-16-11;1-5-11(8(2)12)6-9(7-14-3)10(13)15-4;1-3-5-4-2/h12-13,17H,5-9H2,1-4H3;10-11H,4-8H2,1-3H3;9H,5-7H2,1-4H3;1H,2H3. The van der Waals surface area contributed by atoms with Crippen LogP contribution in [-0.4, -0.2) is 195 Å². The largest absolute Gasteiger partial charge is 0.469 e. The molecule has 1 rings (SSSR count). The van der Waals surface area contributed by atoms with Gasteiger partial charge in [-0.2, -0.15) is 4.89 Å². The number of amides is 3. The summed E-state index contributed by atoms with van der Waals surface area (Å²) in [5.74, 6) is -1.25. The van der Waals surface area contributed by atoms with E-state index in [1.807, 2.05) is 20.8 Å². The number of terminal acetylenes is 1. The Morgan fingerprint density at radius 1 is 0.714 bits per heavy atom. The smallest absolute Gasteiger partial charge is 0.312 e. The summed E-state index contributed by atoms with van der Waals surface area (Å²) in [6.45, 7) is 17.0. The SMILES string of the molecule is C#COOC.CCN(CC(COC)C(=O)OC)C(C)=O.CCN(CC(COC)OCC(O)COC(C)=O)C(C)=O.CCN(CC(COC)OCC1CO1)C(C)=O. The van der Waals surface area contributed by atoms with Gasteiger partial charge >= 0.3 is 11.9 Å². The molecule has 5 unspecified atom stereocenters. The van der Waals surface area contributed by atoms with Crippen molar-refractivity contribution in [2.45, 2.75) is 72.9 Å². The normalized spacial score (nSPS) is 14.5. The van der Waals surface area contributed by atoms with E-state index in [-0.39, 0.29) is 61.8 Å². The van der Waals surface area contributed by atoms with Gasteiger partial charge in [0, 0.05) is 88.3 Å². The van der Waals surface area contributed by atoms with Gasteiger partial charge in [0.25, 0.3) is 0 Å². The molecule has 328 valence electrons. The summed E-state index contributed by atoms with van der Waals surface area (Å²) in [5.41, 5.74) is 0. The van der Waals surface area contributed by atoms with Crippen molar-refractivity contribution in [1.29, 1.82) is 0 Å². The summed E-state index contributed by atoms with van der Waals surface area (Å²) >= 11 is 0. The molecule has 0 spiro atoms. The van der Waals surface area contributed by atoms with Crippen LogP contribution in [0.2, 0.25) is 0 Å². The predicted molar refractivity (Wildman–Crippen MR) is 204 cm³/mol. The Morgan fingerprint density at radius 2 is 1.16 bits per heavy atom. The highest BCUT2D eigenvalue weighted by Gasteiger charge is 2.26. The van der Waals surface area contributed by atoms with E-state index in [1.54, 1.807) is 34.8 Å². The molecule has 0 bridgehead atoms. The second-order valence-corrected chi connectivity index (χ2v) is 11.9. The van der Waals surface area contributed by atoms with Crippen LogP contribution in [0.4, 0.5) is 0 Å². The molecule has 0 aromatic heterocycles. The van der Waals surface area contributed by atoms with Gasteiger partial charge in [0.1, 0.15) is 18.8 Å². The molecule has 56 heavy (non-hydrogen) atoms. The minimum Gasteiger partial charge on any atom is -0.469 e. The van der Waals surface area contributed by atoms with Crippen LogP contribution in [0.25, 0.3) is 0 Å². The van der Waals surface area contributed by atoms with Gasteiger partial charge in [-0.05, 0) is 20.8 Å². The van der Waals surface area contributed by atoms with E-state index in [9.17, 15) is 29.1 Å². The van der Waals surface area contributed by atoms with Crippen molar-refractivity contribution < 1.29 is 76.7 Å². The lowest BCUT2D eigenvalue weighted by atomic mass is 10.1. The molecule has 19 heteroatoms. The fourth-order valence-corrected chi connectivity index (χ4v) is 4.41. The summed E-state index contributed by atoms with van der Waals surface area (Å²) in [5, 5.41) is 9.59. The van der Waals surface area contributed by atoms with E-state index < -0.39 is 18.0 Å². The first-order valence-electron chi connectivity index (χ1n) is 18.2. The molecule has 19 nitrogen and oxygen atoms in total. The van der Waals surface area contributed by atoms with Gasteiger partial charge in [-0.25, -0.2) is 0 Å². The lowest BCUT2D eigenvalue weighted by molar-refractivity contribution is -0.209. The third-order valence-corrected chi connectivity index (χ3v) is 7.43. The van der Waals surface area contributed by atoms with E-state index >= 15 is 0 Å². The van der Waals surface area contributed by atoms with E-state index in [0.29, 0.717) is 59.1 Å². The molecule has 1 aliphatic heterocycles. The van der Waals surface area contributed by atoms with E-state index in [1.165, 1.54) is 49.2 Å². The number of methoxy groups -OCH3 is 4. The fraction of sp³-hybridized carbons (Fsp3) is 0.811. The van der Waals surface area contributed by atoms with Crippen LogP contribution in [0.3, 0.4) is 0 Å². The molecule has 1 saturated heterocycles. The zero-order chi connectivity index (χ0) is 43.5. The Labute approximate surface area is 333 Å². The molecule has 5 atom stereocenters. The number of hydrogen-bond donors (Lipinski definition) is 1. The van der Waals surface area contributed by atoms with Gasteiger partial charge in [-0.15, -0.1) is 0 Å². The predicted octanol–water partition coefficient (Wildman–Crippen LogP) is 0.541. The highest BCUT2D eigenvalue weighted by atomic mass is 17.2. The van der Waals surface area contributed by atoms with Gasteiger partial charge in [-0.1, -0.05) is 6.42 Å². The van der Waals surface area contributed by atoms with Crippen molar-refractivity contribution in [3.8, 4) is 12.5 Å². The van der Waals surface area contributed by atoms with E-state index in [4.69, 9.17) is 28.4 Å². The Morgan fingerprint density at radius 3 is 1.48 bits per heavy atom. The molecule has 0 radical (unpaired) electrons. The Balaban J connectivity index is -0.000000714. The molecule has 1 fully saturated rings. The van der Waals surface area contributed by atoms with Gasteiger partial charge in [-0.3, -0.25) is 28.9 Å². The molecular formula is C37H69N3O16. The van der Waals surface area contributed by atoms with Gasteiger partial charge < -0.3 is 57.7 Å². The van der Waals surface area contributed by atoms with Crippen LogP contribution in [0.15, 0.2) is 0 Å². The number of hydrogen-bond acceptors (Lipinski definition) is 16. The lowest BCUT2D eigenvalue weighted by Gasteiger charge is -2.26. The number of ether oxygens (including phenoxy) is 8. The molecule has 0 aliphatic carbocycles. The summed E-state index contributed by atoms with van der Waals surface area (Å²) in [7, 11) is 7.36. The Bertz CT molecular complexity index is 1090. The van der Waals surface area contributed by atoms with Crippen molar-refractivity contribution in [3.05, 3.63) is 0 Å². The van der Waals surface area contributed by atoms with Crippen LogP contribution in [-0.2, 0) is 71.6 Å². The van der Waals surface area contributed by atoms with Crippen molar-refractivity contribution >= 4 is 29.7 Å². The van der Waals surface area contributed by atoms with Crippen molar-refractivity contribution in [1.82, 2.24) is 14.7 Å². The van der Waals surface area contributed by atoms with Crippen LogP contribution in [0, 0.1) is 18.4 Å². The van der Waals surface area contributed by atoms with Crippen LogP contribution in [0.5, 0.6) is 0 Å². The minimum absolute atomic E-state index is 0.0107. The number of esters is 2. The third kappa shape index (κ3) is 32.6.